The van der Waals surface area contributed by atoms with Gasteiger partial charge in [-0.2, -0.15) is 0 Å². The van der Waals surface area contributed by atoms with Crippen molar-refractivity contribution in [3.63, 3.8) is 0 Å². The van der Waals surface area contributed by atoms with Crippen LogP contribution in [-0.2, 0) is 6.54 Å². The second kappa shape index (κ2) is 11.4. The molecule has 2 aliphatic heterocycles. The molecule has 2 fully saturated rings. The van der Waals surface area contributed by atoms with E-state index in [0.717, 1.165) is 49.8 Å². The summed E-state index contributed by atoms with van der Waals surface area (Å²) in [6, 6.07) is 13.5. The van der Waals surface area contributed by atoms with E-state index < -0.39 is 0 Å². The zero-order valence-electron chi connectivity index (χ0n) is 21.1. The Labute approximate surface area is 218 Å². The summed E-state index contributed by atoms with van der Waals surface area (Å²) in [5, 5.41) is 0.650. The summed E-state index contributed by atoms with van der Waals surface area (Å²) < 4.78 is 19.3. The average Bonchev–Trinajstić information content (AvgIpc) is 3.44. The first-order chi connectivity index (χ1) is 17.7. The van der Waals surface area contributed by atoms with Crippen LogP contribution in [0.15, 0.2) is 55.1 Å². The first-order valence-electron chi connectivity index (χ1n) is 12.8. The summed E-state index contributed by atoms with van der Waals surface area (Å²) in [4.78, 5) is 9.23. The van der Waals surface area contributed by atoms with Gasteiger partial charge >= 0.3 is 0 Å². The van der Waals surface area contributed by atoms with Crippen molar-refractivity contribution in [3.05, 3.63) is 65.7 Å². The molecule has 36 heavy (non-hydrogen) atoms. The molecular weight excluding hydrogens is 476 g/mol. The van der Waals surface area contributed by atoms with Crippen LogP contribution in [-0.4, -0.2) is 61.0 Å². The Balaban J connectivity index is 1.23. The summed E-state index contributed by atoms with van der Waals surface area (Å²) in [5.74, 6) is 2.35. The smallest absolute Gasteiger partial charge is 0.161 e. The molecule has 0 spiro atoms. The maximum Gasteiger partial charge on any atom is 0.161 e. The molecule has 0 amide bonds. The third kappa shape index (κ3) is 5.42. The van der Waals surface area contributed by atoms with E-state index in [-0.39, 0.29) is 0 Å². The van der Waals surface area contributed by atoms with Crippen LogP contribution in [0.25, 0.3) is 0 Å². The van der Waals surface area contributed by atoms with Gasteiger partial charge < -0.3 is 23.7 Å². The highest BCUT2D eigenvalue weighted by atomic mass is 35.5. The van der Waals surface area contributed by atoms with E-state index in [9.17, 15) is 0 Å². The first-order valence-corrected chi connectivity index (χ1v) is 13.1. The first kappa shape index (κ1) is 24.8. The Hall–Kier alpha value is -2.90. The minimum absolute atomic E-state index is 0.398. The third-order valence-electron chi connectivity index (χ3n) is 7.39. The van der Waals surface area contributed by atoms with Crippen molar-refractivity contribution in [1.29, 1.82) is 0 Å². The Morgan fingerprint density at radius 1 is 1.00 bits per heavy atom. The average molecular weight is 511 g/mol. The lowest BCUT2D eigenvalue weighted by atomic mass is 9.89. The van der Waals surface area contributed by atoms with Crippen LogP contribution in [0.1, 0.15) is 37.3 Å². The van der Waals surface area contributed by atoms with Crippen molar-refractivity contribution >= 4 is 17.3 Å². The van der Waals surface area contributed by atoms with Gasteiger partial charge in [-0.3, -0.25) is 4.90 Å². The van der Waals surface area contributed by atoms with Crippen LogP contribution < -0.4 is 19.1 Å². The van der Waals surface area contributed by atoms with Gasteiger partial charge in [0.05, 0.1) is 32.2 Å². The molecule has 0 N–H and O–H groups in total. The van der Waals surface area contributed by atoms with E-state index in [1.807, 2.05) is 18.6 Å². The zero-order valence-corrected chi connectivity index (χ0v) is 21.9. The number of piperidine rings is 1. The fourth-order valence-corrected chi connectivity index (χ4v) is 5.74. The molecule has 2 saturated heterocycles. The van der Waals surface area contributed by atoms with Crippen molar-refractivity contribution in [1.82, 2.24) is 14.5 Å². The molecule has 0 bridgehead atoms. The van der Waals surface area contributed by atoms with Gasteiger partial charge in [0.1, 0.15) is 5.75 Å². The van der Waals surface area contributed by atoms with Gasteiger partial charge in [0, 0.05) is 62.4 Å². The largest absolute Gasteiger partial charge is 0.495 e. The normalized spacial score (nSPS) is 20.1. The van der Waals surface area contributed by atoms with Crippen LogP contribution in [0.4, 0.5) is 5.69 Å². The molecule has 7 nitrogen and oxygen atoms in total. The molecule has 3 aromatic rings. The lowest BCUT2D eigenvalue weighted by molar-refractivity contribution is 0.0715. The monoisotopic (exact) mass is 510 g/mol. The summed E-state index contributed by atoms with van der Waals surface area (Å²) in [6.07, 6.45) is 10.1. The lowest BCUT2D eigenvalue weighted by Crippen LogP contribution is -2.55. The molecule has 0 unspecified atom stereocenters. The van der Waals surface area contributed by atoms with Gasteiger partial charge in [-0.05, 0) is 55.5 Å². The van der Waals surface area contributed by atoms with E-state index in [2.05, 4.69) is 49.7 Å². The van der Waals surface area contributed by atoms with Crippen LogP contribution in [0, 0.1) is 0 Å². The molecule has 0 aliphatic carbocycles. The third-order valence-corrected chi connectivity index (χ3v) is 7.71. The fourth-order valence-electron chi connectivity index (χ4n) is 5.55. The number of halogens is 1. The van der Waals surface area contributed by atoms with Crippen molar-refractivity contribution < 1.29 is 14.2 Å². The number of imidazole rings is 1. The Morgan fingerprint density at radius 3 is 2.69 bits per heavy atom. The SMILES string of the molecule is COc1cc(N2CCN3[C@@H](CCC[C@@H]3c3ccc(OCCCn4ccnc4)c(OC)c3)C2)ccc1Cl. The van der Waals surface area contributed by atoms with E-state index in [1.54, 1.807) is 20.4 Å². The van der Waals surface area contributed by atoms with Crippen LogP contribution in [0.3, 0.4) is 0 Å². The number of ether oxygens (including phenoxy) is 3. The van der Waals surface area contributed by atoms with E-state index in [4.69, 9.17) is 25.8 Å². The number of rotatable bonds is 9. The fraction of sp³-hybridized carbons (Fsp3) is 0.464. The molecule has 192 valence electrons. The number of fused-ring (bicyclic) bond motifs is 1. The minimum Gasteiger partial charge on any atom is -0.495 e. The molecule has 2 aromatic carbocycles. The maximum absolute atomic E-state index is 6.25. The Morgan fingerprint density at radius 2 is 1.89 bits per heavy atom. The van der Waals surface area contributed by atoms with Crippen molar-refractivity contribution in [2.75, 3.05) is 45.4 Å². The number of aromatic nitrogens is 2. The van der Waals surface area contributed by atoms with Gasteiger partial charge in [-0.15, -0.1) is 0 Å². The van der Waals surface area contributed by atoms with Gasteiger partial charge in [0.15, 0.2) is 11.5 Å². The van der Waals surface area contributed by atoms with Gasteiger partial charge in [0.2, 0.25) is 0 Å². The van der Waals surface area contributed by atoms with Crippen molar-refractivity contribution in [2.24, 2.45) is 0 Å². The summed E-state index contributed by atoms with van der Waals surface area (Å²) >= 11 is 6.25. The molecular formula is C28H35ClN4O3. The highest BCUT2D eigenvalue weighted by molar-refractivity contribution is 6.32. The van der Waals surface area contributed by atoms with Crippen LogP contribution in [0.5, 0.6) is 17.2 Å². The summed E-state index contributed by atoms with van der Waals surface area (Å²) in [5.41, 5.74) is 2.48. The standard InChI is InChI=1S/C28H35ClN4O3/c1-34-27-18-22(8-9-24(27)29)32-14-15-33-23(19-32)5-3-6-25(33)21-7-10-26(28(17-21)35-2)36-16-4-12-31-13-11-30-20-31/h7-11,13,17-18,20,23,25H,3-6,12,14-16,19H2,1-2H3/t23-,25+/m0/s1. The number of benzene rings is 2. The topological polar surface area (TPSA) is 52.0 Å². The molecule has 0 radical (unpaired) electrons. The number of anilines is 1. The van der Waals surface area contributed by atoms with Crippen molar-refractivity contribution in [3.8, 4) is 17.2 Å². The number of aryl methyl sites for hydroxylation is 1. The summed E-state index contributed by atoms with van der Waals surface area (Å²) in [7, 11) is 3.39. The molecule has 3 heterocycles. The number of methoxy groups -OCH3 is 2. The van der Waals surface area contributed by atoms with E-state index >= 15 is 0 Å². The minimum atomic E-state index is 0.398. The van der Waals surface area contributed by atoms with Crippen LogP contribution >= 0.6 is 11.6 Å². The molecule has 0 saturated carbocycles. The molecule has 8 heteroatoms. The van der Waals surface area contributed by atoms with Crippen LogP contribution in [0.2, 0.25) is 5.02 Å². The Bertz CT molecular complexity index is 1140. The molecule has 1 aromatic heterocycles. The molecule has 2 atom stereocenters. The number of hydrogen-bond donors (Lipinski definition) is 0. The quantitative estimate of drug-likeness (QED) is 0.357. The van der Waals surface area contributed by atoms with Gasteiger partial charge in [0.25, 0.3) is 0 Å². The van der Waals surface area contributed by atoms with Gasteiger partial charge in [-0.1, -0.05) is 17.7 Å². The van der Waals surface area contributed by atoms with E-state index in [1.165, 1.54) is 30.5 Å². The Kier molecular flexibility index (Phi) is 7.87. The van der Waals surface area contributed by atoms with Gasteiger partial charge in [-0.25, -0.2) is 4.98 Å². The predicted octanol–water partition coefficient (Wildman–Crippen LogP) is 5.44. The maximum atomic E-state index is 6.25. The zero-order chi connectivity index (χ0) is 24.9. The highest BCUT2D eigenvalue weighted by Gasteiger charge is 2.36. The second-order valence-electron chi connectivity index (χ2n) is 9.52. The second-order valence-corrected chi connectivity index (χ2v) is 9.92. The van der Waals surface area contributed by atoms with E-state index in [0.29, 0.717) is 23.7 Å². The predicted molar refractivity (Wildman–Crippen MR) is 143 cm³/mol. The van der Waals surface area contributed by atoms with Crippen molar-refractivity contribution in [2.45, 2.75) is 44.3 Å². The number of nitrogens with zero attached hydrogens (tertiary/aromatic N) is 4. The number of piperazine rings is 1. The number of hydrogen-bond acceptors (Lipinski definition) is 6. The summed E-state index contributed by atoms with van der Waals surface area (Å²) in [6.45, 7) is 4.54. The highest BCUT2D eigenvalue weighted by Crippen LogP contribution is 2.40. The molecule has 2 aliphatic rings. The molecule has 5 rings (SSSR count). The lowest BCUT2D eigenvalue weighted by Gasteiger charge is -2.49.